The van der Waals surface area contributed by atoms with Crippen LogP contribution in [0.15, 0.2) is 36.5 Å². The molecule has 2 aromatic heterocycles. The van der Waals surface area contributed by atoms with Gasteiger partial charge < -0.3 is 4.98 Å². The number of pyridine rings is 1. The Morgan fingerprint density at radius 1 is 1.00 bits per heavy atom. The SMILES string of the molecule is FC(F)(F)c1ccc2ccc3nccc3c2[nH]1. The second-order valence-electron chi connectivity index (χ2n) is 3.78. The number of H-pyrrole nitrogens is 1. The highest BCUT2D eigenvalue weighted by Crippen LogP contribution is 2.31. The highest BCUT2D eigenvalue weighted by Gasteiger charge is 2.31. The van der Waals surface area contributed by atoms with Crippen molar-refractivity contribution < 1.29 is 13.2 Å². The van der Waals surface area contributed by atoms with Crippen LogP contribution in [0, 0.1) is 0 Å². The number of hydrogen-bond acceptors (Lipinski definition) is 1. The smallest absolute Gasteiger partial charge is 0.350 e. The number of aromatic nitrogens is 2. The maximum atomic E-state index is 12.6. The van der Waals surface area contributed by atoms with Gasteiger partial charge in [0.25, 0.3) is 0 Å². The van der Waals surface area contributed by atoms with Gasteiger partial charge in [-0.3, -0.25) is 4.98 Å². The van der Waals surface area contributed by atoms with Crippen LogP contribution in [0.3, 0.4) is 0 Å². The van der Waals surface area contributed by atoms with Gasteiger partial charge >= 0.3 is 6.18 Å². The van der Waals surface area contributed by atoms with Gasteiger partial charge in [-0.15, -0.1) is 0 Å². The molecule has 17 heavy (non-hydrogen) atoms. The number of rotatable bonds is 0. The highest BCUT2D eigenvalue weighted by molar-refractivity contribution is 6.03. The summed E-state index contributed by atoms with van der Waals surface area (Å²) in [5, 5.41) is 1.44. The van der Waals surface area contributed by atoms with Gasteiger partial charge in [0.05, 0.1) is 11.0 Å². The molecule has 2 heterocycles. The first-order chi connectivity index (χ1) is 8.05. The third-order valence-corrected chi connectivity index (χ3v) is 2.70. The molecule has 0 atom stereocenters. The second-order valence-corrected chi connectivity index (χ2v) is 3.78. The van der Waals surface area contributed by atoms with Crippen molar-refractivity contribution in [2.24, 2.45) is 0 Å². The van der Waals surface area contributed by atoms with Crippen molar-refractivity contribution in [3.8, 4) is 0 Å². The summed E-state index contributed by atoms with van der Waals surface area (Å²) in [6.45, 7) is 0. The Hall–Kier alpha value is -2.04. The Balaban J connectivity index is 2.40. The quantitative estimate of drug-likeness (QED) is 0.632. The summed E-state index contributed by atoms with van der Waals surface area (Å²) in [5.74, 6) is 0. The lowest BCUT2D eigenvalue weighted by Gasteiger charge is -2.08. The number of halogens is 3. The van der Waals surface area contributed by atoms with Crippen LogP contribution in [-0.2, 0) is 6.18 Å². The third-order valence-electron chi connectivity index (χ3n) is 2.70. The molecule has 0 amide bonds. The van der Waals surface area contributed by atoms with Crippen molar-refractivity contribution in [2.75, 3.05) is 0 Å². The number of nitrogens with one attached hydrogen (secondary N) is 1. The number of benzene rings is 1. The van der Waals surface area contributed by atoms with Gasteiger partial charge in [-0.05, 0) is 23.6 Å². The number of hydrogen-bond donors (Lipinski definition) is 1. The van der Waals surface area contributed by atoms with Crippen LogP contribution in [-0.4, -0.2) is 9.97 Å². The minimum atomic E-state index is -4.36. The molecule has 0 aliphatic carbocycles. The molecular weight excluding hydrogens is 229 g/mol. The van der Waals surface area contributed by atoms with Crippen LogP contribution < -0.4 is 0 Å². The fourth-order valence-electron chi connectivity index (χ4n) is 1.89. The Morgan fingerprint density at radius 3 is 2.53 bits per heavy atom. The maximum Gasteiger partial charge on any atom is 0.431 e. The Kier molecular flexibility index (Phi) is 1.92. The van der Waals surface area contributed by atoms with Crippen molar-refractivity contribution in [3.05, 3.63) is 42.2 Å². The van der Waals surface area contributed by atoms with Gasteiger partial charge in [-0.2, -0.15) is 13.2 Å². The zero-order chi connectivity index (χ0) is 12.0. The number of nitrogens with zero attached hydrogens (tertiary/aromatic N) is 1. The predicted octanol–water partition coefficient (Wildman–Crippen LogP) is 3.73. The molecule has 0 bridgehead atoms. The minimum Gasteiger partial charge on any atom is -0.350 e. The van der Waals surface area contributed by atoms with Crippen molar-refractivity contribution in [3.63, 3.8) is 0 Å². The van der Waals surface area contributed by atoms with E-state index in [0.717, 1.165) is 11.5 Å². The summed E-state index contributed by atoms with van der Waals surface area (Å²) in [7, 11) is 0. The topological polar surface area (TPSA) is 28.7 Å². The lowest BCUT2D eigenvalue weighted by molar-refractivity contribution is -0.140. The zero-order valence-corrected chi connectivity index (χ0v) is 8.55. The van der Waals surface area contributed by atoms with Gasteiger partial charge in [0, 0.05) is 11.6 Å². The van der Waals surface area contributed by atoms with Crippen LogP contribution in [0.2, 0.25) is 0 Å². The monoisotopic (exact) mass is 236 g/mol. The van der Waals surface area contributed by atoms with Crippen molar-refractivity contribution in [1.82, 2.24) is 9.97 Å². The van der Waals surface area contributed by atoms with Gasteiger partial charge in [0.1, 0.15) is 5.69 Å². The summed E-state index contributed by atoms with van der Waals surface area (Å²) < 4.78 is 37.8. The zero-order valence-electron chi connectivity index (χ0n) is 8.55. The lowest BCUT2D eigenvalue weighted by atomic mass is 10.1. The normalized spacial score (nSPS) is 12.4. The average molecular weight is 236 g/mol. The van der Waals surface area contributed by atoms with Crippen LogP contribution in [0.25, 0.3) is 21.8 Å². The standard InChI is InChI=1S/C12H7F3N2/c13-12(14,15)10-4-2-7-1-3-9-8(5-6-16-9)11(7)17-10/h1-6,17H. The van der Waals surface area contributed by atoms with Crippen molar-refractivity contribution in [1.29, 1.82) is 0 Å². The van der Waals surface area contributed by atoms with Gasteiger partial charge in [-0.25, -0.2) is 0 Å². The summed E-state index contributed by atoms with van der Waals surface area (Å²) in [5.41, 5.74) is 0.404. The van der Waals surface area contributed by atoms with E-state index in [2.05, 4.69) is 9.97 Å². The fourth-order valence-corrected chi connectivity index (χ4v) is 1.89. The van der Waals surface area contributed by atoms with Gasteiger partial charge in [0.15, 0.2) is 0 Å². The summed E-state index contributed by atoms with van der Waals surface area (Å²) in [6.07, 6.45) is -2.78. The van der Waals surface area contributed by atoms with Crippen molar-refractivity contribution in [2.45, 2.75) is 6.18 Å². The number of alkyl halides is 3. The van der Waals surface area contributed by atoms with Gasteiger partial charge in [0.2, 0.25) is 0 Å². The number of fused-ring (bicyclic) bond motifs is 3. The second kappa shape index (κ2) is 3.23. The van der Waals surface area contributed by atoms with Crippen LogP contribution in [0.1, 0.15) is 5.69 Å². The Bertz CT molecular complexity index is 698. The van der Waals surface area contributed by atoms with E-state index in [1.54, 1.807) is 24.4 Å². The molecule has 5 heteroatoms. The summed E-state index contributed by atoms with van der Waals surface area (Å²) in [6, 6.07) is 7.75. The van der Waals surface area contributed by atoms with E-state index in [-0.39, 0.29) is 0 Å². The Morgan fingerprint density at radius 2 is 1.76 bits per heavy atom. The molecule has 3 aromatic rings. The fraction of sp³-hybridized carbons (Fsp3) is 0.0833. The molecule has 0 spiro atoms. The molecule has 0 aliphatic rings. The van der Waals surface area contributed by atoms with Crippen LogP contribution >= 0.6 is 0 Å². The molecule has 1 aromatic carbocycles. The minimum absolute atomic E-state index is 0.467. The predicted molar refractivity (Wildman–Crippen MR) is 58.6 cm³/mol. The largest absolute Gasteiger partial charge is 0.431 e. The molecule has 2 nitrogen and oxygen atoms in total. The third kappa shape index (κ3) is 1.54. The van der Waals surface area contributed by atoms with E-state index in [1.807, 2.05) is 0 Å². The van der Waals surface area contributed by atoms with E-state index in [0.29, 0.717) is 16.4 Å². The average Bonchev–Trinajstić information content (AvgIpc) is 2.75. The molecule has 0 aliphatic heterocycles. The first kappa shape index (κ1) is 10.1. The maximum absolute atomic E-state index is 12.6. The lowest BCUT2D eigenvalue weighted by Crippen LogP contribution is -2.07. The first-order valence-corrected chi connectivity index (χ1v) is 4.99. The van der Waals surface area contributed by atoms with E-state index in [4.69, 9.17) is 0 Å². The first-order valence-electron chi connectivity index (χ1n) is 4.99. The van der Waals surface area contributed by atoms with E-state index in [1.165, 1.54) is 6.07 Å². The molecule has 0 saturated carbocycles. The van der Waals surface area contributed by atoms with Crippen LogP contribution in [0.4, 0.5) is 13.2 Å². The molecular formula is C12H7F3N2. The Labute approximate surface area is 94.1 Å². The summed E-state index contributed by atoms with van der Waals surface area (Å²) in [4.78, 5) is 6.49. The van der Waals surface area contributed by atoms with Gasteiger partial charge in [-0.1, -0.05) is 12.1 Å². The van der Waals surface area contributed by atoms with Crippen molar-refractivity contribution >= 4 is 21.8 Å². The molecule has 1 N–H and O–H groups in total. The number of aromatic amines is 1. The molecule has 0 unspecified atom stereocenters. The molecule has 0 radical (unpaired) electrons. The molecule has 0 saturated heterocycles. The van der Waals surface area contributed by atoms with E-state index >= 15 is 0 Å². The highest BCUT2D eigenvalue weighted by atomic mass is 19.4. The molecule has 3 rings (SSSR count). The molecule has 0 fully saturated rings. The van der Waals surface area contributed by atoms with E-state index < -0.39 is 11.9 Å². The summed E-state index contributed by atoms with van der Waals surface area (Å²) >= 11 is 0. The van der Waals surface area contributed by atoms with Crippen LogP contribution in [0.5, 0.6) is 0 Å². The molecule has 86 valence electrons. The van der Waals surface area contributed by atoms with E-state index in [9.17, 15) is 13.2 Å².